The van der Waals surface area contributed by atoms with Gasteiger partial charge in [-0.3, -0.25) is 39.7 Å². The monoisotopic (exact) mass is 530 g/mol. The third kappa shape index (κ3) is 6.63. The van der Waals surface area contributed by atoms with E-state index in [1.54, 1.807) is 6.92 Å². The van der Waals surface area contributed by atoms with Gasteiger partial charge in [-0.25, -0.2) is 0 Å². The molecule has 0 unspecified atom stereocenters. The first kappa shape index (κ1) is 27.0. The zero-order chi connectivity index (χ0) is 27.9. The van der Waals surface area contributed by atoms with E-state index in [-0.39, 0.29) is 24.3 Å². The van der Waals surface area contributed by atoms with Crippen LogP contribution in [0, 0.1) is 23.0 Å². The smallest absolute Gasteiger partial charge is 0.311 e. The second-order valence-corrected chi connectivity index (χ2v) is 9.05. The van der Waals surface area contributed by atoms with Gasteiger partial charge in [0.1, 0.15) is 0 Å². The fourth-order valence-electron chi connectivity index (χ4n) is 4.29. The molecule has 0 aromatic heterocycles. The number of ether oxygens (including phenoxy) is 1. The van der Waals surface area contributed by atoms with E-state index in [1.807, 2.05) is 60.7 Å². The van der Waals surface area contributed by atoms with Crippen molar-refractivity contribution in [2.75, 3.05) is 18.5 Å². The van der Waals surface area contributed by atoms with E-state index < -0.39 is 47.1 Å². The first-order valence-electron chi connectivity index (χ1n) is 12.1. The number of aryl methyl sites for hydroxylation is 1. The molecule has 3 aromatic rings. The zero-order valence-electron chi connectivity index (χ0n) is 21.0. The highest BCUT2D eigenvalue weighted by Crippen LogP contribution is 2.26. The van der Waals surface area contributed by atoms with Gasteiger partial charge in [0.15, 0.2) is 6.61 Å². The summed E-state index contributed by atoms with van der Waals surface area (Å²) in [6.07, 6.45) is -0.188. The van der Waals surface area contributed by atoms with Crippen LogP contribution in [0.1, 0.15) is 29.0 Å². The molecule has 0 radical (unpaired) electrons. The van der Waals surface area contributed by atoms with Crippen LogP contribution in [0.25, 0.3) is 0 Å². The van der Waals surface area contributed by atoms with E-state index in [0.29, 0.717) is 5.56 Å². The van der Waals surface area contributed by atoms with Crippen molar-refractivity contribution in [3.8, 4) is 0 Å². The maximum Gasteiger partial charge on any atom is 0.311 e. The van der Waals surface area contributed by atoms with E-state index in [9.17, 15) is 29.3 Å². The molecule has 0 aliphatic carbocycles. The molecule has 39 heavy (non-hydrogen) atoms. The molecule has 1 atom stereocenters. The molecule has 4 rings (SSSR count). The highest BCUT2D eigenvalue weighted by atomic mass is 16.6. The number of nitrogens with zero attached hydrogens (tertiary/aromatic N) is 2. The Balaban J connectivity index is 1.34. The number of esters is 1. The molecule has 11 heteroatoms. The Kier molecular flexibility index (Phi) is 8.30. The molecule has 1 aliphatic rings. The summed E-state index contributed by atoms with van der Waals surface area (Å²) in [7, 11) is 0. The number of carbonyl (C=O) groups excluding carboxylic acids is 4. The number of anilines is 1. The van der Waals surface area contributed by atoms with Gasteiger partial charge in [-0.05, 0) is 24.1 Å². The van der Waals surface area contributed by atoms with Gasteiger partial charge in [0.2, 0.25) is 5.91 Å². The maximum atomic E-state index is 13.3. The quantitative estimate of drug-likeness (QED) is 0.245. The minimum atomic E-state index is -0.877. The molecule has 0 saturated carbocycles. The Labute approximate surface area is 223 Å². The van der Waals surface area contributed by atoms with Crippen LogP contribution in [-0.4, -0.2) is 46.8 Å². The van der Waals surface area contributed by atoms with Crippen LogP contribution in [0.15, 0.2) is 78.9 Å². The molecule has 1 saturated heterocycles. The summed E-state index contributed by atoms with van der Waals surface area (Å²) in [5.41, 5.74) is 4.58. The predicted molar refractivity (Wildman–Crippen MR) is 140 cm³/mol. The zero-order valence-corrected chi connectivity index (χ0v) is 21.0. The van der Waals surface area contributed by atoms with Crippen LogP contribution in [0.5, 0.6) is 0 Å². The molecule has 0 bridgehead atoms. The highest BCUT2D eigenvalue weighted by molar-refractivity contribution is 5.94. The normalized spacial score (nSPS) is 14.7. The van der Waals surface area contributed by atoms with E-state index in [0.717, 1.165) is 16.1 Å². The summed E-state index contributed by atoms with van der Waals surface area (Å²) in [5, 5.41) is 14.6. The molecule has 3 amide bonds. The van der Waals surface area contributed by atoms with E-state index in [1.165, 1.54) is 18.2 Å². The molecule has 3 aromatic carbocycles. The van der Waals surface area contributed by atoms with Gasteiger partial charge in [-0.1, -0.05) is 66.7 Å². The number of hydrazine groups is 1. The van der Waals surface area contributed by atoms with Gasteiger partial charge < -0.3 is 10.1 Å². The van der Waals surface area contributed by atoms with Crippen molar-refractivity contribution in [2.24, 2.45) is 5.92 Å². The van der Waals surface area contributed by atoms with Gasteiger partial charge in [-0.15, -0.1) is 0 Å². The Bertz CT molecular complexity index is 1360. The second kappa shape index (κ2) is 12.0. The largest absolute Gasteiger partial charge is 0.455 e. The number of nitrogens with one attached hydrogen (secondary N) is 2. The summed E-state index contributed by atoms with van der Waals surface area (Å²) >= 11 is 0. The minimum absolute atomic E-state index is 0.106. The third-order valence-corrected chi connectivity index (χ3v) is 6.27. The number of rotatable bonds is 9. The van der Waals surface area contributed by atoms with Crippen molar-refractivity contribution < 1.29 is 28.8 Å². The second-order valence-electron chi connectivity index (χ2n) is 9.05. The standard InChI is InChI=1S/C28H26N4O7/c1-18-12-13-22(15-23(18)32(37)38)29-24(33)17-39-28(36)21-14-25(34)31(16-21)30-27(35)26(19-8-4-2-5-9-19)20-10-6-3-7-11-20/h2-13,15,21,26H,14,16-17H2,1H3,(H,29,33)(H,30,35)/t21-/m0/s1. The molecule has 0 spiro atoms. The van der Waals surface area contributed by atoms with Crippen LogP contribution in [0.4, 0.5) is 11.4 Å². The van der Waals surface area contributed by atoms with Gasteiger partial charge in [0, 0.05) is 23.7 Å². The molecule has 1 aliphatic heterocycles. The first-order chi connectivity index (χ1) is 18.7. The summed E-state index contributed by atoms with van der Waals surface area (Å²) in [6.45, 7) is 0.830. The SMILES string of the molecule is Cc1ccc(NC(=O)COC(=O)[C@H]2CC(=O)N(NC(=O)C(c3ccccc3)c3ccccc3)C2)cc1[N+](=O)[O-]. The van der Waals surface area contributed by atoms with Crippen LogP contribution in [0.3, 0.4) is 0 Å². The fourth-order valence-corrected chi connectivity index (χ4v) is 4.29. The minimum Gasteiger partial charge on any atom is -0.455 e. The van der Waals surface area contributed by atoms with Gasteiger partial charge in [-0.2, -0.15) is 0 Å². The summed E-state index contributed by atoms with van der Waals surface area (Å²) in [6, 6.07) is 22.5. The lowest BCUT2D eigenvalue weighted by atomic mass is 9.91. The number of nitro groups is 1. The highest BCUT2D eigenvalue weighted by Gasteiger charge is 2.38. The molecule has 11 nitrogen and oxygen atoms in total. The summed E-state index contributed by atoms with van der Waals surface area (Å²) in [4.78, 5) is 61.2. The van der Waals surface area contributed by atoms with E-state index in [4.69, 9.17) is 4.74 Å². The summed E-state index contributed by atoms with van der Waals surface area (Å²) < 4.78 is 5.07. The van der Waals surface area contributed by atoms with E-state index >= 15 is 0 Å². The third-order valence-electron chi connectivity index (χ3n) is 6.27. The number of nitro benzene ring substituents is 1. The summed E-state index contributed by atoms with van der Waals surface area (Å²) in [5.74, 6) is -3.90. The number of benzene rings is 3. The lowest BCUT2D eigenvalue weighted by Crippen LogP contribution is -2.45. The van der Waals surface area contributed by atoms with Crippen LogP contribution >= 0.6 is 0 Å². The topological polar surface area (TPSA) is 148 Å². The van der Waals surface area contributed by atoms with E-state index in [2.05, 4.69) is 10.7 Å². The first-order valence-corrected chi connectivity index (χ1v) is 12.1. The fraction of sp³-hybridized carbons (Fsp3) is 0.214. The molecular formula is C28H26N4O7. The Morgan fingerprint density at radius 2 is 1.64 bits per heavy atom. The average molecular weight is 531 g/mol. The number of hydrogen-bond donors (Lipinski definition) is 2. The van der Waals surface area contributed by atoms with Crippen LogP contribution in [-0.2, 0) is 23.9 Å². The van der Waals surface area contributed by atoms with Crippen molar-refractivity contribution in [3.63, 3.8) is 0 Å². The average Bonchev–Trinajstić information content (AvgIpc) is 3.29. The van der Waals surface area contributed by atoms with Crippen molar-refractivity contribution in [2.45, 2.75) is 19.3 Å². The Morgan fingerprint density at radius 1 is 1.03 bits per heavy atom. The van der Waals surface area contributed by atoms with Gasteiger partial charge in [0.25, 0.3) is 17.5 Å². The molecule has 1 heterocycles. The number of carbonyl (C=O) groups is 4. The predicted octanol–water partition coefficient (Wildman–Crippen LogP) is 3.10. The van der Waals surface area contributed by atoms with Crippen LogP contribution < -0.4 is 10.7 Å². The van der Waals surface area contributed by atoms with Crippen molar-refractivity contribution in [1.29, 1.82) is 0 Å². The Morgan fingerprint density at radius 3 is 2.23 bits per heavy atom. The van der Waals surface area contributed by atoms with Gasteiger partial charge in [0.05, 0.1) is 23.3 Å². The molecular weight excluding hydrogens is 504 g/mol. The van der Waals surface area contributed by atoms with Crippen molar-refractivity contribution >= 4 is 35.1 Å². The lowest BCUT2D eigenvalue weighted by molar-refractivity contribution is -0.385. The Hall–Kier alpha value is -5.06. The molecule has 2 N–H and O–H groups in total. The van der Waals surface area contributed by atoms with Gasteiger partial charge >= 0.3 is 5.97 Å². The lowest BCUT2D eigenvalue weighted by Gasteiger charge is -2.23. The number of hydrogen-bond acceptors (Lipinski definition) is 7. The maximum absolute atomic E-state index is 13.3. The van der Waals surface area contributed by atoms with Crippen molar-refractivity contribution in [1.82, 2.24) is 10.4 Å². The van der Waals surface area contributed by atoms with Crippen molar-refractivity contribution in [3.05, 3.63) is 106 Å². The number of amides is 3. The van der Waals surface area contributed by atoms with Crippen LogP contribution in [0.2, 0.25) is 0 Å². The molecule has 200 valence electrons. The molecule has 1 fully saturated rings.